The molecule has 0 bridgehead atoms. The Hall–Kier alpha value is -1.37. The summed E-state index contributed by atoms with van der Waals surface area (Å²) >= 11 is 0. The van der Waals surface area contributed by atoms with Crippen molar-refractivity contribution in [2.75, 3.05) is 0 Å². The number of Topliss-reactive ketones (excluding diaryl/α,β-unsaturated/α-hetero) is 1. The largest absolute Gasteiger partial charge is 0.463 e. The van der Waals surface area contributed by atoms with Gasteiger partial charge < -0.3 is 4.74 Å². The second-order valence-electron chi connectivity index (χ2n) is 14.6. The van der Waals surface area contributed by atoms with Crippen molar-refractivity contribution in [2.24, 2.45) is 57.7 Å². The van der Waals surface area contributed by atoms with Crippen LogP contribution in [-0.4, -0.2) is 17.9 Å². The van der Waals surface area contributed by atoms with Crippen LogP contribution in [0.4, 0.5) is 0 Å². The molecule has 0 aliphatic heterocycles. The summed E-state index contributed by atoms with van der Waals surface area (Å²) in [5.41, 5.74) is -0.645. The fraction of sp³-hybridized carbons (Fsp3) is 0.909. The zero-order chi connectivity index (χ0) is 27.2. The molecule has 0 N–H and O–H groups in total. The van der Waals surface area contributed by atoms with Crippen LogP contribution in [0.25, 0.3) is 0 Å². The van der Waals surface area contributed by atoms with Crippen molar-refractivity contribution in [3.05, 3.63) is 0 Å². The molecule has 37 heavy (non-hydrogen) atoms. The lowest BCUT2D eigenvalue weighted by atomic mass is 9.39. The summed E-state index contributed by atoms with van der Waals surface area (Å²) in [4.78, 5) is 25.7. The van der Waals surface area contributed by atoms with E-state index in [4.69, 9.17) is 4.74 Å². The number of nitriles is 1. The number of nitrogens with zero attached hydrogens (tertiary/aromatic N) is 1. The molecule has 0 amide bonds. The molecule has 208 valence electrons. The van der Waals surface area contributed by atoms with Crippen LogP contribution < -0.4 is 0 Å². The minimum absolute atomic E-state index is 0.105. The first-order chi connectivity index (χ1) is 17.4. The number of hydrogen-bond acceptors (Lipinski definition) is 4. The average Bonchev–Trinajstić information content (AvgIpc) is 3.18. The number of ether oxygens (including phenoxy) is 1. The summed E-state index contributed by atoms with van der Waals surface area (Å²) < 4.78 is 5.58. The Balaban J connectivity index is 1.58. The van der Waals surface area contributed by atoms with E-state index in [2.05, 4.69) is 47.6 Å². The molecule has 10 atom stereocenters. The maximum Gasteiger partial charge on any atom is 0.302 e. The second-order valence-corrected chi connectivity index (χ2v) is 14.6. The number of hydrogen-bond donors (Lipinski definition) is 0. The molecule has 0 radical (unpaired) electrons. The van der Waals surface area contributed by atoms with E-state index in [0.29, 0.717) is 36.4 Å². The predicted octanol–water partition coefficient (Wildman–Crippen LogP) is 8.14. The molecule has 4 fully saturated rings. The molecule has 4 rings (SSSR count). The van der Waals surface area contributed by atoms with E-state index in [1.165, 1.54) is 51.9 Å². The summed E-state index contributed by atoms with van der Waals surface area (Å²) in [5, 5.41) is 10.5. The molecule has 4 nitrogen and oxygen atoms in total. The molecular formula is C33H53NO3. The van der Waals surface area contributed by atoms with E-state index in [9.17, 15) is 14.9 Å². The Bertz CT molecular complexity index is 906. The molecule has 0 heterocycles. The minimum Gasteiger partial charge on any atom is -0.463 e. The highest BCUT2D eigenvalue weighted by atomic mass is 16.5. The Labute approximate surface area is 226 Å². The highest BCUT2D eigenvalue weighted by Gasteiger charge is 2.68. The standard InChI is InChI=1S/C33H53NO3/c1-8-9-24(11-10-21(2)3)22(4)26-12-13-27-30-28(15-16-31(26,27)6)32(7)17-14-25(37-23(5)35)18-33(32,20-34)19-29(30)36/h21-22,24-28,30H,8-19H2,1-7H3/t22-,24?,25+,26-,27+,28+,30+,31-,32-,33-/m1/s1. The van der Waals surface area contributed by atoms with Gasteiger partial charge in [0, 0.05) is 25.7 Å². The normalized spacial score (nSPS) is 42.8. The lowest BCUT2D eigenvalue weighted by molar-refractivity contribution is -0.179. The third-order valence-corrected chi connectivity index (χ3v) is 12.4. The average molecular weight is 512 g/mol. The summed E-state index contributed by atoms with van der Waals surface area (Å²) in [6, 6.07) is 2.66. The zero-order valence-corrected chi connectivity index (χ0v) is 24.8. The van der Waals surface area contributed by atoms with Crippen molar-refractivity contribution < 1.29 is 14.3 Å². The van der Waals surface area contributed by atoms with Crippen LogP contribution in [0, 0.1) is 69.0 Å². The van der Waals surface area contributed by atoms with Crippen LogP contribution in [0.15, 0.2) is 0 Å². The van der Waals surface area contributed by atoms with Gasteiger partial charge in [0.25, 0.3) is 0 Å². The van der Waals surface area contributed by atoms with Crippen molar-refractivity contribution >= 4 is 11.8 Å². The maximum atomic E-state index is 14.0. The van der Waals surface area contributed by atoms with Gasteiger partial charge >= 0.3 is 5.97 Å². The van der Waals surface area contributed by atoms with E-state index >= 15 is 0 Å². The number of esters is 1. The van der Waals surface area contributed by atoms with Gasteiger partial charge in [0.15, 0.2) is 0 Å². The van der Waals surface area contributed by atoms with Crippen LogP contribution >= 0.6 is 0 Å². The van der Waals surface area contributed by atoms with Gasteiger partial charge in [-0.25, -0.2) is 0 Å². The first-order valence-electron chi connectivity index (χ1n) is 15.5. The highest BCUT2D eigenvalue weighted by Crippen LogP contribution is 2.70. The van der Waals surface area contributed by atoms with Gasteiger partial charge in [0.05, 0.1) is 11.5 Å². The summed E-state index contributed by atoms with van der Waals surface area (Å²) in [6.45, 7) is 15.8. The van der Waals surface area contributed by atoms with E-state index in [1.807, 2.05) is 0 Å². The first-order valence-corrected chi connectivity index (χ1v) is 15.5. The third-order valence-electron chi connectivity index (χ3n) is 12.4. The summed E-state index contributed by atoms with van der Waals surface area (Å²) in [6.07, 6.45) is 12.2. The second kappa shape index (κ2) is 10.7. The van der Waals surface area contributed by atoms with Crippen LogP contribution in [0.5, 0.6) is 0 Å². The van der Waals surface area contributed by atoms with Gasteiger partial charge in [0.2, 0.25) is 0 Å². The van der Waals surface area contributed by atoms with Crippen LogP contribution in [-0.2, 0) is 14.3 Å². The fourth-order valence-electron chi connectivity index (χ4n) is 10.3. The molecular weight excluding hydrogens is 458 g/mol. The quantitative estimate of drug-likeness (QED) is 0.308. The van der Waals surface area contributed by atoms with Crippen LogP contribution in [0.1, 0.15) is 126 Å². The van der Waals surface area contributed by atoms with Crippen LogP contribution in [0.3, 0.4) is 0 Å². The van der Waals surface area contributed by atoms with E-state index < -0.39 is 5.41 Å². The van der Waals surface area contributed by atoms with Gasteiger partial charge in [-0.05, 0) is 91.3 Å². The van der Waals surface area contributed by atoms with Crippen LogP contribution in [0.2, 0.25) is 0 Å². The summed E-state index contributed by atoms with van der Waals surface area (Å²) in [5.74, 6) is 3.84. The summed E-state index contributed by atoms with van der Waals surface area (Å²) in [7, 11) is 0. The molecule has 4 saturated carbocycles. The van der Waals surface area contributed by atoms with Gasteiger partial charge in [-0.1, -0.05) is 60.8 Å². The number of ketones is 1. The maximum absolute atomic E-state index is 14.0. The Kier molecular flexibility index (Phi) is 8.25. The topological polar surface area (TPSA) is 67.2 Å². The molecule has 0 aromatic rings. The van der Waals surface area contributed by atoms with Gasteiger partial charge in [0.1, 0.15) is 11.9 Å². The van der Waals surface area contributed by atoms with E-state index in [0.717, 1.165) is 31.1 Å². The van der Waals surface area contributed by atoms with Gasteiger partial charge in [-0.2, -0.15) is 5.26 Å². The minimum atomic E-state index is -0.703. The Morgan fingerprint density at radius 1 is 1.05 bits per heavy atom. The third kappa shape index (κ3) is 4.80. The Morgan fingerprint density at radius 3 is 2.41 bits per heavy atom. The number of fused-ring (bicyclic) bond motifs is 5. The Morgan fingerprint density at radius 2 is 1.78 bits per heavy atom. The van der Waals surface area contributed by atoms with Crippen molar-refractivity contribution in [1.29, 1.82) is 5.26 Å². The smallest absolute Gasteiger partial charge is 0.302 e. The van der Waals surface area contributed by atoms with E-state index in [-0.39, 0.29) is 34.7 Å². The molecule has 4 heteroatoms. The van der Waals surface area contributed by atoms with Gasteiger partial charge in [-0.15, -0.1) is 0 Å². The van der Waals surface area contributed by atoms with Crippen molar-refractivity contribution in [1.82, 2.24) is 0 Å². The van der Waals surface area contributed by atoms with E-state index in [1.54, 1.807) is 0 Å². The predicted molar refractivity (Wildman–Crippen MR) is 147 cm³/mol. The first kappa shape index (κ1) is 28.6. The molecule has 4 aliphatic rings. The number of carbonyl (C=O) groups is 2. The van der Waals surface area contributed by atoms with Crippen molar-refractivity contribution in [3.8, 4) is 6.07 Å². The zero-order valence-electron chi connectivity index (χ0n) is 24.8. The van der Waals surface area contributed by atoms with Gasteiger partial charge in [-0.3, -0.25) is 9.59 Å². The molecule has 0 aromatic heterocycles. The molecule has 1 unspecified atom stereocenters. The highest BCUT2D eigenvalue weighted by molar-refractivity contribution is 5.84. The van der Waals surface area contributed by atoms with Crippen molar-refractivity contribution in [2.45, 2.75) is 132 Å². The fourth-order valence-corrected chi connectivity index (χ4v) is 10.3. The lowest BCUT2D eigenvalue weighted by Gasteiger charge is -2.63. The molecule has 0 spiro atoms. The lowest BCUT2D eigenvalue weighted by Crippen LogP contribution is -2.62. The van der Waals surface area contributed by atoms with Crippen molar-refractivity contribution in [3.63, 3.8) is 0 Å². The molecule has 0 aromatic carbocycles. The monoisotopic (exact) mass is 511 g/mol. The number of carbonyl (C=O) groups excluding carboxylic acids is 2. The number of rotatable bonds is 8. The SMILES string of the molecule is CCCC(CCC(C)C)[C@@H](C)[C@H]1CC[C@H]2[C@@H]3C(=O)C[C@@]4(C#N)C[C@@H](OC(C)=O)CC[C@]4(C)[C@H]3CC[C@]12C. The molecule has 0 saturated heterocycles. The molecule has 4 aliphatic carbocycles.